The first-order valence-corrected chi connectivity index (χ1v) is 5.91. The molecule has 3 heteroatoms. The first-order valence-electron chi connectivity index (χ1n) is 4.74. The summed E-state index contributed by atoms with van der Waals surface area (Å²) in [6.45, 7) is 1.96. The van der Waals surface area contributed by atoms with Gasteiger partial charge < -0.3 is 5.11 Å². The zero-order valence-corrected chi connectivity index (χ0v) is 10.3. The van der Waals surface area contributed by atoms with Crippen molar-refractivity contribution in [2.24, 2.45) is 5.92 Å². The first kappa shape index (κ1) is 10.5. The standard InChI is InChI=1S/C11H12BrClO/c1-6-2-5-8(12)9(10(6)13)11(14)7-3-4-7/h2,5,7,11,14H,3-4H2,1H3. The number of benzene rings is 1. The van der Waals surface area contributed by atoms with E-state index < -0.39 is 6.10 Å². The number of hydrogen-bond acceptors (Lipinski definition) is 1. The van der Waals surface area contributed by atoms with Crippen LogP contribution in [0, 0.1) is 12.8 Å². The summed E-state index contributed by atoms with van der Waals surface area (Å²) in [6.07, 6.45) is 1.81. The second-order valence-electron chi connectivity index (χ2n) is 3.87. The van der Waals surface area contributed by atoms with Crippen LogP contribution in [0.1, 0.15) is 30.1 Å². The van der Waals surface area contributed by atoms with E-state index in [9.17, 15) is 5.11 Å². The van der Waals surface area contributed by atoms with Crippen LogP contribution >= 0.6 is 27.5 Å². The third-order valence-electron chi connectivity index (χ3n) is 2.68. The molecule has 14 heavy (non-hydrogen) atoms. The van der Waals surface area contributed by atoms with Crippen molar-refractivity contribution in [1.82, 2.24) is 0 Å². The quantitative estimate of drug-likeness (QED) is 0.869. The summed E-state index contributed by atoms with van der Waals surface area (Å²) in [7, 11) is 0. The Morgan fingerprint density at radius 1 is 1.50 bits per heavy atom. The molecule has 0 saturated heterocycles. The van der Waals surface area contributed by atoms with Gasteiger partial charge in [0.1, 0.15) is 0 Å². The van der Waals surface area contributed by atoms with Crippen LogP contribution in [0.4, 0.5) is 0 Å². The highest BCUT2D eigenvalue weighted by Gasteiger charge is 2.33. The van der Waals surface area contributed by atoms with Gasteiger partial charge in [0, 0.05) is 10.0 Å². The maximum absolute atomic E-state index is 10.0. The van der Waals surface area contributed by atoms with Gasteiger partial charge in [0.25, 0.3) is 0 Å². The molecule has 1 aromatic rings. The number of rotatable bonds is 2. The SMILES string of the molecule is Cc1ccc(Br)c(C(O)C2CC2)c1Cl. The minimum absolute atomic E-state index is 0.406. The highest BCUT2D eigenvalue weighted by atomic mass is 79.9. The molecule has 0 radical (unpaired) electrons. The molecule has 0 spiro atoms. The highest BCUT2D eigenvalue weighted by Crippen LogP contribution is 2.45. The van der Waals surface area contributed by atoms with Gasteiger partial charge in [0.2, 0.25) is 0 Å². The third kappa shape index (κ3) is 1.83. The van der Waals surface area contributed by atoms with E-state index in [1.165, 1.54) is 0 Å². The van der Waals surface area contributed by atoms with Crippen molar-refractivity contribution >= 4 is 27.5 Å². The fourth-order valence-electron chi connectivity index (χ4n) is 1.60. The van der Waals surface area contributed by atoms with Crippen molar-refractivity contribution in [3.63, 3.8) is 0 Å². The largest absolute Gasteiger partial charge is 0.388 e. The molecule has 1 saturated carbocycles. The lowest BCUT2D eigenvalue weighted by molar-refractivity contribution is 0.153. The molecule has 1 atom stereocenters. The smallest absolute Gasteiger partial charge is 0.0843 e. The minimum atomic E-state index is -0.406. The Morgan fingerprint density at radius 3 is 2.71 bits per heavy atom. The lowest BCUT2D eigenvalue weighted by Gasteiger charge is -2.15. The molecule has 0 aromatic heterocycles. The molecule has 2 rings (SSSR count). The second kappa shape index (κ2) is 3.84. The predicted octanol–water partition coefficient (Wildman–Crippen LogP) is 3.85. The van der Waals surface area contributed by atoms with Gasteiger partial charge in [0.15, 0.2) is 0 Å². The molecule has 1 aliphatic carbocycles. The van der Waals surface area contributed by atoms with Crippen LogP contribution in [0.2, 0.25) is 5.02 Å². The Morgan fingerprint density at radius 2 is 2.14 bits per heavy atom. The van der Waals surface area contributed by atoms with Gasteiger partial charge in [-0.25, -0.2) is 0 Å². The van der Waals surface area contributed by atoms with E-state index in [0.29, 0.717) is 10.9 Å². The van der Waals surface area contributed by atoms with Gasteiger partial charge in [-0.2, -0.15) is 0 Å². The Bertz CT molecular complexity index is 361. The summed E-state index contributed by atoms with van der Waals surface area (Å²) in [6, 6.07) is 3.90. The summed E-state index contributed by atoms with van der Waals surface area (Å²) in [5, 5.41) is 10.7. The number of aliphatic hydroxyl groups is 1. The van der Waals surface area contributed by atoms with E-state index in [2.05, 4.69) is 15.9 Å². The zero-order valence-electron chi connectivity index (χ0n) is 7.93. The monoisotopic (exact) mass is 274 g/mol. The number of aryl methyl sites for hydroxylation is 1. The molecule has 0 bridgehead atoms. The van der Waals surface area contributed by atoms with Crippen molar-refractivity contribution < 1.29 is 5.11 Å². The lowest BCUT2D eigenvalue weighted by atomic mass is 10.0. The van der Waals surface area contributed by atoms with Gasteiger partial charge in [0.05, 0.1) is 11.1 Å². The van der Waals surface area contributed by atoms with Crippen molar-refractivity contribution in [3.8, 4) is 0 Å². The van der Waals surface area contributed by atoms with Crippen LogP contribution < -0.4 is 0 Å². The van der Waals surface area contributed by atoms with Gasteiger partial charge in [-0.3, -0.25) is 0 Å². The van der Waals surface area contributed by atoms with Crippen LogP contribution in [0.25, 0.3) is 0 Å². The van der Waals surface area contributed by atoms with Crippen molar-refractivity contribution in [2.75, 3.05) is 0 Å². The minimum Gasteiger partial charge on any atom is -0.388 e. The molecule has 1 unspecified atom stereocenters. The molecule has 1 fully saturated rings. The summed E-state index contributed by atoms with van der Waals surface area (Å²) in [5.74, 6) is 0.408. The predicted molar refractivity (Wildman–Crippen MR) is 61.6 cm³/mol. The maximum Gasteiger partial charge on any atom is 0.0843 e. The Labute approximate surface area is 97.2 Å². The van der Waals surface area contributed by atoms with Crippen molar-refractivity contribution in [1.29, 1.82) is 0 Å². The van der Waals surface area contributed by atoms with Crippen molar-refractivity contribution in [2.45, 2.75) is 25.9 Å². The van der Waals surface area contributed by atoms with Crippen LogP contribution in [0.3, 0.4) is 0 Å². The number of aliphatic hydroxyl groups excluding tert-OH is 1. The summed E-state index contributed by atoms with van der Waals surface area (Å²) >= 11 is 9.61. The molecular formula is C11H12BrClO. The lowest BCUT2D eigenvalue weighted by Crippen LogP contribution is -2.02. The fourth-order valence-corrected chi connectivity index (χ4v) is 2.55. The van der Waals surface area contributed by atoms with Crippen LogP contribution in [0.5, 0.6) is 0 Å². The molecule has 0 amide bonds. The topological polar surface area (TPSA) is 20.2 Å². The molecular weight excluding hydrogens is 263 g/mol. The van der Waals surface area contributed by atoms with E-state index in [1.54, 1.807) is 0 Å². The van der Waals surface area contributed by atoms with Gasteiger partial charge in [-0.15, -0.1) is 0 Å². The fraction of sp³-hybridized carbons (Fsp3) is 0.455. The van der Waals surface area contributed by atoms with Crippen LogP contribution in [0.15, 0.2) is 16.6 Å². The number of hydrogen-bond donors (Lipinski definition) is 1. The molecule has 1 aromatic carbocycles. The van der Waals surface area contributed by atoms with E-state index in [1.807, 2.05) is 19.1 Å². The third-order valence-corrected chi connectivity index (χ3v) is 3.88. The van der Waals surface area contributed by atoms with Gasteiger partial charge in [-0.1, -0.05) is 33.6 Å². The highest BCUT2D eigenvalue weighted by molar-refractivity contribution is 9.10. The van der Waals surface area contributed by atoms with Crippen LogP contribution in [-0.2, 0) is 0 Å². The average Bonchev–Trinajstić information content (AvgIpc) is 2.95. The van der Waals surface area contributed by atoms with E-state index in [-0.39, 0.29) is 0 Å². The Balaban J connectivity index is 2.43. The summed E-state index contributed by atoms with van der Waals surface area (Å²) in [5.41, 5.74) is 1.87. The summed E-state index contributed by atoms with van der Waals surface area (Å²) in [4.78, 5) is 0. The second-order valence-corrected chi connectivity index (χ2v) is 5.11. The van der Waals surface area contributed by atoms with E-state index in [4.69, 9.17) is 11.6 Å². The number of halogens is 2. The van der Waals surface area contributed by atoms with Gasteiger partial charge in [-0.05, 0) is 37.3 Å². The van der Waals surface area contributed by atoms with Gasteiger partial charge >= 0.3 is 0 Å². The first-order chi connectivity index (χ1) is 6.61. The molecule has 0 heterocycles. The van der Waals surface area contributed by atoms with Crippen LogP contribution in [-0.4, -0.2) is 5.11 Å². The average molecular weight is 276 g/mol. The molecule has 1 N–H and O–H groups in total. The molecule has 76 valence electrons. The molecule has 1 aliphatic rings. The normalized spacial score (nSPS) is 18.3. The molecule has 1 nitrogen and oxygen atoms in total. The zero-order chi connectivity index (χ0) is 10.3. The molecule has 0 aliphatic heterocycles. The van der Waals surface area contributed by atoms with E-state index in [0.717, 1.165) is 28.4 Å². The Hall–Kier alpha value is -0.0500. The van der Waals surface area contributed by atoms with E-state index >= 15 is 0 Å². The van der Waals surface area contributed by atoms with Crippen molar-refractivity contribution in [3.05, 3.63) is 32.8 Å². The maximum atomic E-state index is 10.0. The summed E-state index contributed by atoms with van der Waals surface area (Å²) < 4.78 is 0.910. The Kier molecular flexibility index (Phi) is 2.87.